The van der Waals surface area contributed by atoms with Gasteiger partial charge in [0, 0.05) is 17.3 Å². The second-order valence-electron chi connectivity index (χ2n) is 4.00. The summed E-state index contributed by atoms with van der Waals surface area (Å²) < 4.78 is 0. The van der Waals surface area contributed by atoms with Crippen molar-refractivity contribution in [2.45, 2.75) is 19.4 Å². The standard InChI is InChI=1S/C13H12ClN3S/c1-9(5-11-3-2-4-18-11)16-13-7-10(8-15)6-12(14)17-13/h2-4,6-7,9H,5H2,1H3,(H,16,17). The lowest BCUT2D eigenvalue weighted by Gasteiger charge is -2.13. The Morgan fingerprint density at radius 1 is 1.56 bits per heavy atom. The maximum Gasteiger partial charge on any atom is 0.132 e. The van der Waals surface area contributed by atoms with E-state index in [1.165, 1.54) is 4.88 Å². The van der Waals surface area contributed by atoms with Crippen LogP contribution in [0.3, 0.4) is 0 Å². The van der Waals surface area contributed by atoms with Gasteiger partial charge in [-0.1, -0.05) is 17.7 Å². The van der Waals surface area contributed by atoms with E-state index in [4.69, 9.17) is 16.9 Å². The smallest absolute Gasteiger partial charge is 0.132 e. The van der Waals surface area contributed by atoms with Crippen molar-refractivity contribution < 1.29 is 0 Å². The number of anilines is 1. The van der Waals surface area contributed by atoms with Crippen LogP contribution in [0, 0.1) is 11.3 Å². The second-order valence-corrected chi connectivity index (χ2v) is 5.42. The Balaban J connectivity index is 2.05. The highest BCUT2D eigenvalue weighted by Gasteiger charge is 2.07. The number of rotatable bonds is 4. The zero-order valence-electron chi connectivity index (χ0n) is 9.85. The molecule has 2 heterocycles. The Hall–Kier alpha value is -1.57. The Morgan fingerprint density at radius 3 is 3.06 bits per heavy atom. The lowest BCUT2D eigenvalue weighted by Crippen LogP contribution is -2.18. The minimum Gasteiger partial charge on any atom is -0.367 e. The largest absolute Gasteiger partial charge is 0.367 e. The van der Waals surface area contributed by atoms with Crippen LogP contribution in [0.15, 0.2) is 29.6 Å². The van der Waals surface area contributed by atoms with Gasteiger partial charge in [-0.15, -0.1) is 11.3 Å². The first-order valence-corrected chi connectivity index (χ1v) is 6.80. The van der Waals surface area contributed by atoms with Crippen molar-refractivity contribution in [1.82, 2.24) is 4.98 Å². The van der Waals surface area contributed by atoms with Gasteiger partial charge >= 0.3 is 0 Å². The fourth-order valence-corrected chi connectivity index (χ4v) is 2.71. The number of pyridine rings is 1. The SMILES string of the molecule is CC(Cc1cccs1)Nc1cc(C#N)cc(Cl)n1. The fraction of sp³-hybridized carbons (Fsp3) is 0.231. The third-order valence-electron chi connectivity index (χ3n) is 2.40. The monoisotopic (exact) mass is 277 g/mol. The van der Waals surface area contributed by atoms with Crippen LogP contribution in [0.25, 0.3) is 0 Å². The zero-order chi connectivity index (χ0) is 13.0. The van der Waals surface area contributed by atoms with Crippen molar-refractivity contribution >= 4 is 28.8 Å². The van der Waals surface area contributed by atoms with Gasteiger partial charge in [-0.2, -0.15) is 5.26 Å². The molecule has 0 radical (unpaired) electrons. The number of nitrogens with zero attached hydrogens (tertiary/aromatic N) is 2. The van der Waals surface area contributed by atoms with Crippen molar-refractivity contribution in [1.29, 1.82) is 5.26 Å². The molecule has 18 heavy (non-hydrogen) atoms. The van der Waals surface area contributed by atoms with Crippen LogP contribution in [0.1, 0.15) is 17.4 Å². The summed E-state index contributed by atoms with van der Waals surface area (Å²) in [5.41, 5.74) is 0.515. The molecule has 0 amide bonds. The van der Waals surface area contributed by atoms with Gasteiger partial charge in [-0.05, 0) is 30.5 Å². The van der Waals surface area contributed by atoms with Gasteiger partial charge in [-0.3, -0.25) is 0 Å². The molecule has 0 aliphatic heterocycles. The summed E-state index contributed by atoms with van der Waals surface area (Å²) in [7, 11) is 0. The lowest BCUT2D eigenvalue weighted by atomic mass is 10.2. The molecule has 0 saturated carbocycles. The summed E-state index contributed by atoms with van der Waals surface area (Å²) in [6.45, 7) is 2.08. The molecule has 1 unspecified atom stereocenters. The molecule has 1 atom stereocenters. The van der Waals surface area contributed by atoms with Crippen molar-refractivity contribution in [2.75, 3.05) is 5.32 Å². The number of thiophene rings is 1. The first kappa shape index (κ1) is 12.9. The molecule has 2 aromatic rings. The average Bonchev–Trinajstić information content (AvgIpc) is 2.80. The van der Waals surface area contributed by atoms with Gasteiger partial charge in [0.2, 0.25) is 0 Å². The first-order valence-electron chi connectivity index (χ1n) is 5.54. The summed E-state index contributed by atoms with van der Waals surface area (Å²) in [5.74, 6) is 0.642. The van der Waals surface area contributed by atoms with Gasteiger partial charge in [0.1, 0.15) is 11.0 Å². The highest BCUT2D eigenvalue weighted by atomic mass is 35.5. The molecule has 1 N–H and O–H groups in total. The quantitative estimate of drug-likeness (QED) is 0.867. The normalized spacial score (nSPS) is 11.8. The van der Waals surface area contributed by atoms with E-state index in [0.717, 1.165) is 6.42 Å². The molecule has 2 aromatic heterocycles. The van der Waals surface area contributed by atoms with Gasteiger partial charge in [0.15, 0.2) is 0 Å². The number of hydrogen-bond donors (Lipinski definition) is 1. The highest BCUT2D eigenvalue weighted by Crippen LogP contribution is 2.17. The topological polar surface area (TPSA) is 48.7 Å². The Labute approximate surface area is 115 Å². The summed E-state index contributed by atoms with van der Waals surface area (Å²) in [6.07, 6.45) is 0.924. The van der Waals surface area contributed by atoms with Crippen LogP contribution in [0.4, 0.5) is 5.82 Å². The van der Waals surface area contributed by atoms with Crippen LogP contribution >= 0.6 is 22.9 Å². The highest BCUT2D eigenvalue weighted by molar-refractivity contribution is 7.09. The molecule has 3 nitrogen and oxygen atoms in total. The van der Waals surface area contributed by atoms with Gasteiger partial charge in [-0.25, -0.2) is 4.98 Å². The van der Waals surface area contributed by atoms with E-state index in [-0.39, 0.29) is 6.04 Å². The lowest BCUT2D eigenvalue weighted by molar-refractivity contribution is 0.794. The van der Waals surface area contributed by atoms with Crippen molar-refractivity contribution in [3.63, 3.8) is 0 Å². The van der Waals surface area contributed by atoms with Crippen LogP contribution in [-0.2, 0) is 6.42 Å². The molecule has 92 valence electrons. The van der Waals surface area contributed by atoms with E-state index in [2.05, 4.69) is 34.7 Å². The van der Waals surface area contributed by atoms with Crippen molar-refractivity contribution in [2.24, 2.45) is 0 Å². The number of nitriles is 1. The predicted octanol–water partition coefficient (Wildman–Crippen LogP) is 3.71. The van der Waals surface area contributed by atoms with Crippen LogP contribution in [0.2, 0.25) is 5.15 Å². The van der Waals surface area contributed by atoms with Gasteiger partial charge in [0.05, 0.1) is 11.6 Å². The van der Waals surface area contributed by atoms with Crippen LogP contribution < -0.4 is 5.32 Å². The Kier molecular flexibility index (Phi) is 4.19. The Morgan fingerprint density at radius 2 is 2.39 bits per heavy atom. The maximum atomic E-state index is 8.87. The summed E-state index contributed by atoms with van der Waals surface area (Å²) in [6, 6.07) is 9.71. The van der Waals surface area contributed by atoms with Gasteiger partial charge < -0.3 is 5.32 Å². The maximum absolute atomic E-state index is 8.87. The number of aromatic nitrogens is 1. The van der Waals surface area contributed by atoms with E-state index in [0.29, 0.717) is 16.5 Å². The molecule has 2 rings (SSSR count). The predicted molar refractivity (Wildman–Crippen MR) is 75.1 cm³/mol. The molecule has 0 bridgehead atoms. The van der Waals surface area contributed by atoms with Gasteiger partial charge in [0.25, 0.3) is 0 Å². The number of hydrogen-bond acceptors (Lipinski definition) is 4. The molecule has 0 aromatic carbocycles. The van der Waals surface area contributed by atoms with Crippen LogP contribution in [-0.4, -0.2) is 11.0 Å². The minimum atomic E-state index is 0.237. The second kappa shape index (κ2) is 5.85. The minimum absolute atomic E-state index is 0.237. The molecule has 0 aliphatic carbocycles. The third kappa shape index (κ3) is 3.46. The molecular weight excluding hydrogens is 266 g/mol. The van der Waals surface area contributed by atoms with E-state index in [1.807, 2.05) is 6.07 Å². The summed E-state index contributed by atoms with van der Waals surface area (Å²) in [4.78, 5) is 5.47. The number of nitrogens with one attached hydrogen (secondary N) is 1. The molecule has 5 heteroatoms. The first-order chi connectivity index (χ1) is 8.67. The zero-order valence-corrected chi connectivity index (χ0v) is 11.4. The fourth-order valence-electron chi connectivity index (χ4n) is 1.67. The number of halogens is 1. The van der Waals surface area contributed by atoms with E-state index < -0.39 is 0 Å². The molecule has 0 aliphatic rings. The average molecular weight is 278 g/mol. The molecule has 0 fully saturated rings. The summed E-state index contributed by atoms with van der Waals surface area (Å²) in [5, 5.41) is 14.5. The molecule has 0 spiro atoms. The third-order valence-corrected chi connectivity index (χ3v) is 3.50. The molecular formula is C13H12ClN3S. The van der Waals surface area contributed by atoms with Crippen molar-refractivity contribution in [3.8, 4) is 6.07 Å². The molecule has 0 saturated heterocycles. The van der Waals surface area contributed by atoms with E-state index in [1.54, 1.807) is 23.5 Å². The van der Waals surface area contributed by atoms with Crippen molar-refractivity contribution in [3.05, 3.63) is 45.2 Å². The van der Waals surface area contributed by atoms with Crippen LogP contribution in [0.5, 0.6) is 0 Å². The Bertz CT molecular complexity index is 560. The van der Waals surface area contributed by atoms with E-state index >= 15 is 0 Å². The van der Waals surface area contributed by atoms with E-state index in [9.17, 15) is 0 Å². The summed E-state index contributed by atoms with van der Waals surface area (Å²) >= 11 is 7.59.